The molecule has 0 aliphatic heterocycles. The maximum atomic E-state index is 13.4. The molecule has 0 atom stereocenters. The summed E-state index contributed by atoms with van der Waals surface area (Å²) in [6.45, 7) is 4.52. The van der Waals surface area contributed by atoms with Gasteiger partial charge in [0.05, 0.1) is 23.2 Å². The van der Waals surface area contributed by atoms with E-state index in [1.54, 1.807) is 18.4 Å². The van der Waals surface area contributed by atoms with E-state index >= 15 is 0 Å². The van der Waals surface area contributed by atoms with Crippen molar-refractivity contribution in [2.75, 3.05) is 5.32 Å². The Kier molecular flexibility index (Phi) is 4.90. The molecule has 0 saturated heterocycles. The lowest BCUT2D eigenvalue weighted by Crippen LogP contribution is -2.07. The number of anilines is 1. The zero-order valence-corrected chi connectivity index (χ0v) is 18.4. The molecule has 0 fully saturated rings. The number of furan rings is 1. The van der Waals surface area contributed by atoms with Crippen LogP contribution in [-0.4, -0.2) is 28.2 Å². The van der Waals surface area contributed by atoms with E-state index in [1.807, 2.05) is 48.5 Å². The topological polar surface area (TPSA) is 102 Å². The van der Waals surface area contributed by atoms with Gasteiger partial charge in [0.1, 0.15) is 11.6 Å². The summed E-state index contributed by atoms with van der Waals surface area (Å²) in [5.74, 6) is 1.57. The molecule has 1 N–H and O–H groups in total. The van der Waals surface area contributed by atoms with Crippen LogP contribution in [0.5, 0.6) is 0 Å². The summed E-state index contributed by atoms with van der Waals surface area (Å²) < 4.78 is 33.6. The predicted molar refractivity (Wildman–Crippen MR) is 120 cm³/mol. The number of nitrogens with zero attached hydrogens (tertiary/aromatic N) is 4. The molecule has 0 saturated carbocycles. The molecule has 9 heteroatoms. The summed E-state index contributed by atoms with van der Waals surface area (Å²) in [5, 5.41) is 12.0. The van der Waals surface area contributed by atoms with Crippen molar-refractivity contribution in [2.45, 2.75) is 36.2 Å². The highest BCUT2D eigenvalue weighted by Gasteiger charge is 2.27. The molecule has 0 aliphatic carbocycles. The monoisotopic (exact) mass is 447 g/mol. The second-order valence-corrected chi connectivity index (χ2v) is 9.63. The Morgan fingerprint density at radius 3 is 2.53 bits per heavy atom. The fourth-order valence-electron chi connectivity index (χ4n) is 3.58. The van der Waals surface area contributed by atoms with Crippen molar-refractivity contribution < 1.29 is 12.8 Å². The smallest absolute Gasteiger partial charge is 0.229 e. The van der Waals surface area contributed by atoms with Crippen LogP contribution in [0.4, 0.5) is 5.82 Å². The highest BCUT2D eigenvalue weighted by molar-refractivity contribution is 7.91. The molecule has 0 aliphatic rings. The fourth-order valence-corrected chi connectivity index (χ4v) is 4.82. The maximum Gasteiger partial charge on any atom is 0.229 e. The number of hydrogen-bond donors (Lipinski definition) is 1. The lowest BCUT2D eigenvalue weighted by atomic mass is 10.0. The molecule has 2 aromatic carbocycles. The SMILES string of the molecule is CC(C)c1ccc(S(=O)(=O)c2nnn3c2nc(NCc2ccco2)c2ccccc23)cc1. The standard InChI is InChI=1S/C23H21N5O3S/c1-15(2)16-9-11-18(12-10-16)32(29,30)23-22-25-21(24-14-17-6-5-13-31-17)19-7-3-4-8-20(19)28(22)27-26-23/h3-13,15H,14H2,1-2H3,(H,24,25). The quantitative estimate of drug-likeness (QED) is 0.410. The summed E-state index contributed by atoms with van der Waals surface area (Å²) in [5.41, 5.74) is 1.92. The minimum absolute atomic E-state index is 0.157. The Morgan fingerprint density at radius 2 is 1.81 bits per heavy atom. The predicted octanol–water partition coefficient (Wildman–Crippen LogP) is 4.44. The van der Waals surface area contributed by atoms with Gasteiger partial charge >= 0.3 is 0 Å². The number of benzene rings is 2. The lowest BCUT2D eigenvalue weighted by Gasteiger charge is -2.10. The van der Waals surface area contributed by atoms with E-state index in [2.05, 4.69) is 34.5 Å². The van der Waals surface area contributed by atoms with E-state index in [-0.39, 0.29) is 15.6 Å². The lowest BCUT2D eigenvalue weighted by molar-refractivity contribution is 0.518. The first kappa shape index (κ1) is 20.2. The Balaban J connectivity index is 1.64. The van der Waals surface area contributed by atoms with Gasteiger partial charge in [-0.05, 0) is 47.9 Å². The zero-order valence-electron chi connectivity index (χ0n) is 17.6. The largest absolute Gasteiger partial charge is 0.467 e. The molecule has 3 aromatic heterocycles. The number of aromatic nitrogens is 4. The maximum absolute atomic E-state index is 13.4. The van der Waals surface area contributed by atoms with Gasteiger partial charge in [-0.15, -0.1) is 5.10 Å². The van der Waals surface area contributed by atoms with Crippen LogP contribution < -0.4 is 5.32 Å². The van der Waals surface area contributed by atoms with Crippen molar-refractivity contribution in [2.24, 2.45) is 0 Å². The zero-order chi connectivity index (χ0) is 22.3. The van der Waals surface area contributed by atoms with Crippen LogP contribution in [-0.2, 0) is 16.4 Å². The van der Waals surface area contributed by atoms with E-state index in [1.165, 1.54) is 4.52 Å². The average molecular weight is 448 g/mol. The molecular formula is C23H21N5O3S. The number of sulfone groups is 1. The van der Waals surface area contributed by atoms with Gasteiger partial charge in [-0.2, -0.15) is 4.52 Å². The molecule has 32 heavy (non-hydrogen) atoms. The van der Waals surface area contributed by atoms with Crippen LogP contribution in [0.15, 0.2) is 81.3 Å². The van der Waals surface area contributed by atoms with Gasteiger partial charge < -0.3 is 9.73 Å². The number of fused-ring (bicyclic) bond motifs is 3. The molecule has 0 radical (unpaired) electrons. The highest BCUT2D eigenvalue weighted by atomic mass is 32.2. The molecule has 5 rings (SSSR count). The van der Waals surface area contributed by atoms with Gasteiger partial charge in [0, 0.05) is 5.39 Å². The van der Waals surface area contributed by atoms with Gasteiger partial charge in [0.2, 0.25) is 14.9 Å². The average Bonchev–Trinajstić information content (AvgIpc) is 3.47. The van der Waals surface area contributed by atoms with Crippen molar-refractivity contribution in [1.82, 2.24) is 19.8 Å². The summed E-state index contributed by atoms with van der Waals surface area (Å²) in [6, 6.07) is 18.0. The summed E-state index contributed by atoms with van der Waals surface area (Å²) >= 11 is 0. The molecule has 5 aromatic rings. The fraction of sp³-hybridized carbons (Fsp3) is 0.174. The highest BCUT2D eigenvalue weighted by Crippen LogP contribution is 2.29. The van der Waals surface area contributed by atoms with Crippen LogP contribution in [0.25, 0.3) is 16.6 Å². The van der Waals surface area contributed by atoms with E-state index < -0.39 is 9.84 Å². The van der Waals surface area contributed by atoms with Gasteiger partial charge in [-0.3, -0.25) is 0 Å². The number of para-hydroxylation sites is 1. The van der Waals surface area contributed by atoms with Gasteiger partial charge in [0.15, 0.2) is 5.65 Å². The Hall–Kier alpha value is -3.72. The molecule has 3 heterocycles. The van der Waals surface area contributed by atoms with Crippen molar-refractivity contribution in [3.05, 3.63) is 78.3 Å². The van der Waals surface area contributed by atoms with Crippen molar-refractivity contribution in [1.29, 1.82) is 0 Å². The van der Waals surface area contributed by atoms with Crippen molar-refractivity contribution >= 4 is 32.2 Å². The van der Waals surface area contributed by atoms with Crippen LogP contribution in [0, 0.1) is 0 Å². The molecule has 162 valence electrons. The van der Waals surface area contributed by atoms with Crippen LogP contribution >= 0.6 is 0 Å². The second-order valence-electron chi connectivity index (χ2n) is 7.77. The summed E-state index contributed by atoms with van der Waals surface area (Å²) in [7, 11) is -3.91. The number of nitrogens with one attached hydrogen (secondary N) is 1. The van der Waals surface area contributed by atoms with E-state index in [4.69, 9.17) is 4.42 Å². The van der Waals surface area contributed by atoms with E-state index in [0.717, 1.165) is 16.7 Å². The first-order valence-electron chi connectivity index (χ1n) is 10.2. The molecular weight excluding hydrogens is 426 g/mol. The van der Waals surface area contributed by atoms with Crippen LogP contribution in [0.1, 0.15) is 31.1 Å². The van der Waals surface area contributed by atoms with E-state index in [9.17, 15) is 8.42 Å². The number of hydrogen-bond acceptors (Lipinski definition) is 7. The third-order valence-electron chi connectivity index (χ3n) is 5.34. The van der Waals surface area contributed by atoms with Crippen molar-refractivity contribution in [3.63, 3.8) is 0 Å². The van der Waals surface area contributed by atoms with Crippen LogP contribution in [0.2, 0.25) is 0 Å². The van der Waals surface area contributed by atoms with E-state index in [0.29, 0.717) is 23.8 Å². The molecule has 0 bridgehead atoms. The number of rotatable bonds is 6. The first-order valence-corrected chi connectivity index (χ1v) is 11.7. The van der Waals surface area contributed by atoms with Gasteiger partial charge in [-0.25, -0.2) is 13.4 Å². The Bertz CT molecular complexity index is 1510. The molecule has 8 nitrogen and oxygen atoms in total. The van der Waals surface area contributed by atoms with Crippen LogP contribution in [0.3, 0.4) is 0 Å². The Labute approximate surface area is 184 Å². The Morgan fingerprint density at radius 1 is 1.03 bits per heavy atom. The molecule has 0 unspecified atom stereocenters. The van der Waals surface area contributed by atoms with Gasteiger partial charge in [0.25, 0.3) is 0 Å². The molecule has 0 spiro atoms. The third-order valence-corrected chi connectivity index (χ3v) is 7.01. The summed E-state index contributed by atoms with van der Waals surface area (Å²) in [4.78, 5) is 4.76. The second kappa shape index (κ2) is 7.76. The molecule has 0 amide bonds. The summed E-state index contributed by atoms with van der Waals surface area (Å²) in [6.07, 6.45) is 1.60. The normalized spacial score (nSPS) is 12.1. The minimum Gasteiger partial charge on any atom is -0.467 e. The van der Waals surface area contributed by atoms with Crippen molar-refractivity contribution in [3.8, 4) is 0 Å². The first-order chi connectivity index (χ1) is 15.4. The minimum atomic E-state index is -3.91. The van der Waals surface area contributed by atoms with Gasteiger partial charge in [-0.1, -0.05) is 43.3 Å². The third kappa shape index (κ3) is 3.40.